The number of nitrogens with zero attached hydrogens (tertiary/aromatic N) is 3. The lowest BCUT2D eigenvalue weighted by atomic mass is 10.2. The maximum absolute atomic E-state index is 13.2. The Morgan fingerprint density at radius 1 is 1.19 bits per heavy atom. The first-order valence-electron chi connectivity index (χ1n) is 10.4. The molecule has 5 rings (SSSR count). The first-order valence-corrected chi connectivity index (χ1v) is 11.3. The molecule has 1 saturated carbocycles. The monoisotopic (exact) mass is 434 g/mol. The second kappa shape index (κ2) is 8.15. The molecule has 0 radical (unpaired) electrons. The maximum Gasteiger partial charge on any atom is 0.322 e. The Balaban J connectivity index is 1.30. The van der Waals surface area contributed by atoms with Crippen LogP contribution >= 0.6 is 11.3 Å². The van der Waals surface area contributed by atoms with Gasteiger partial charge in [-0.25, -0.2) is 14.2 Å². The summed E-state index contributed by atoms with van der Waals surface area (Å²) in [5, 5.41) is 5.12. The summed E-state index contributed by atoms with van der Waals surface area (Å²) < 4.78 is 15.3. The van der Waals surface area contributed by atoms with Crippen molar-refractivity contribution in [1.29, 1.82) is 0 Å². The number of carbonyl (C=O) groups excluding carboxylic acids is 1. The fourth-order valence-corrected chi connectivity index (χ4v) is 4.58. The summed E-state index contributed by atoms with van der Waals surface area (Å²) in [4.78, 5) is 20.4. The van der Waals surface area contributed by atoms with Crippen LogP contribution in [0, 0.1) is 12.7 Å². The molecule has 7 heteroatoms. The lowest BCUT2D eigenvalue weighted by Gasteiger charge is -2.23. The van der Waals surface area contributed by atoms with E-state index in [0.717, 1.165) is 46.9 Å². The van der Waals surface area contributed by atoms with Gasteiger partial charge in [0.15, 0.2) is 4.96 Å². The van der Waals surface area contributed by atoms with Crippen LogP contribution in [0.25, 0.3) is 16.2 Å². The molecule has 158 valence electrons. The van der Waals surface area contributed by atoms with Crippen molar-refractivity contribution in [2.24, 2.45) is 0 Å². The molecule has 2 heterocycles. The zero-order chi connectivity index (χ0) is 21.4. The number of hydrogen-bond donors (Lipinski definition) is 1. The van der Waals surface area contributed by atoms with E-state index < -0.39 is 0 Å². The molecule has 2 amide bonds. The molecule has 0 aliphatic heterocycles. The molecule has 0 saturated heterocycles. The molecule has 1 aliphatic rings. The molecule has 2 aromatic heterocycles. The average molecular weight is 435 g/mol. The van der Waals surface area contributed by atoms with Crippen LogP contribution in [0.3, 0.4) is 0 Å². The Labute approximate surface area is 184 Å². The van der Waals surface area contributed by atoms with Gasteiger partial charge in [-0.05, 0) is 56.2 Å². The highest BCUT2D eigenvalue weighted by Crippen LogP contribution is 2.29. The predicted octanol–water partition coefficient (Wildman–Crippen LogP) is 5.75. The highest BCUT2D eigenvalue weighted by atomic mass is 32.1. The van der Waals surface area contributed by atoms with Gasteiger partial charge in [0.2, 0.25) is 0 Å². The standard InChI is InChI=1S/C24H23FN4OS/c1-16-2-8-19(9-3-16)26-23(30)28(20-10-11-20)13-12-21-15-31-24-27-22(14-29(21)24)17-4-6-18(25)7-5-17/h2-9,14-15,20H,10-13H2,1H3,(H,26,30). The number of fused-ring (bicyclic) bond motifs is 1. The van der Waals surface area contributed by atoms with Crippen molar-refractivity contribution in [2.75, 3.05) is 11.9 Å². The molecule has 0 unspecified atom stereocenters. The normalized spacial score (nSPS) is 13.5. The van der Waals surface area contributed by atoms with E-state index in [9.17, 15) is 9.18 Å². The number of aromatic nitrogens is 2. The number of imidazole rings is 1. The van der Waals surface area contributed by atoms with Crippen LogP contribution in [0.5, 0.6) is 0 Å². The van der Waals surface area contributed by atoms with Gasteiger partial charge in [0, 0.05) is 47.5 Å². The van der Waals surface area contributed by atoms with Crippen molar-refractivity contribution in [3.8, 4) is 11.3 Å². The van der Waals surface area contributed by atoms with E-state index in [4.69, 9.17) is 0 Å². The SMILES string of the molecule is Cc1ccc(NC(=O)N(CCc2csc3nc(-c4ccc(F)cc4)cn23)C2CC2)cc1. The second-order valence-electron chi connectivity index (χ2n) is 7.98. The summed E-state index contributed by atoms with van der Waals surface area (Å²) in [6.45, 7) is 2.68. The Morgan fingerprint density at radius 2 is 1.94 bits per heavy atom. The van der Waals surface area contributed by atoms with E-state index in [1.807, 2.05) is 42.3 Å². The third kappa shape index (κ3) is 4.32. The van der Waals surface area contributed by atoms with Crippen molar-refractivity contribution >= 4 is 28.0 Å². The molecule has 0 bridgehead atoms. The highest BCUT2D eigenvalue weighted by Gasteiger charge is 2.32. The van der Waals surface area contributed by atoms with Crippen LogP contribution in [0.15, 0.2) is 60.1 Å². The number of nitrogens with one attached hydrogen (secondary N) is 1. The van der Waals surface area contributed by atoms with Crippen LogP contribution in [0.1, 0.15) is 24.1 Å². The number of carbonyl (C=O) groups is 1. The first-order chi connectivity index (χ1) is 15.1. The number of aryl methyl sites for hydroxylation is 1. The largest absolute Gasteiger partial charge is 0.322 e. The van der Waals surface area contributed by atoms with E-state index in [0.29, 0.717) is 12.6 Å². The number of urea groups is 1. The van der Waals surface area contributed by atoms with Crippen molar-refractivity contribution in [2.45, 2.75) is 32.2 Å². The highest BCUT2D eigenvalue weighted by molar-refractivity contribution is 7.15. The zero-order valence-electron chi connectivity index (χ0n) is 17.2. The lowest BCUT2D eigenvalue weighted by molar-refractivity contribution is 0.209. The maximum atomic E-state index is 13.2. The van der Waals surface area contributed by atoms with Crippen molar-refractivity contribution in [3.05, 3.63) is 77.2 Å². The first kappa shape index (κ1) is 19.8. The lowest BCUT2D eigenvalue weighted by Crippen LogP contribution is -2.38. The van der Waals surface area contributed by atoms with Gasteiger partial charge in [-0.3, -0.25) is 4.40 Å². The van der Waals surface area contributed by atoms with Crippen LogP contribution < -0.4 is 5.32 Å². The second-order valence-corrected chi connectivity index (χ2v) is 8.82. The van der Waals surface area contributed by atoms with Crippen molar-refractivity contribution in [1.82, 2.24) is 14.3 Å². The van der Waals surface area contributed by atoms with Gasteiger partial charge in [0.1, 0.15) is 5.82 Å². The number of anilines is 1. The summed E-state index contributed by atoms with van der Waals surface area (Å²) in [6.07, 6.45) is 4.85. The Kier molecular flexibility index (Phi) is 5.19. The molecule has 5 nitrogen and oxygen atoms in total. The number of thiazole rings is 1. The summed E-state index contributed by atoms with van der Waals surface area (Å²) in [7, 11) is 0. The van der Waals surface area contributed by atoms with E-state index in [1.54, 1.807) is 23.5 Å². The van der Waals surface area contributed by atoms with Gasteiger partial charge in [-0.2, -0.15) is 0 Å². The molecule has 31 heavy (non-hydrogen) atoms. The molecule has 0 spiro atoms. The molecular weight excluding hydrogens is 411 g/mol. The minimum Gasteiger partial charge on any atom is -0.321 e. The Bertz CT molecular complexity index is 1210. The Hall–Kier alpha value is -3.19. The fourth-order valence-electron chi connectivity index (χ4n) is 3.67. The van der Waals surface area contributed by atoms with Crippen LogP contribution in [-0.4, -0.2) is 32.9 Å². The van der Waals surface area contributed by atoms with Crippen molar-refractivity contribution < 1.29 is 9.18 Å². The predicted molar refractivity (Wildman–Crippen MR) is 122 cm³/mol. The number of amides is 2. The molecule has 1 N–H and O–H groups in total. The number of rotatable bonds is 6. The van der Waals surface area contributed by atoms with Crippen LogP contribution in [0.4, 0.5) is 14.9 Å². The van der Waals surface area contributed by atoms with Crippen LogP contribution in [-0.2, 0) is 6.42 Å². The van der Waals surface area contributed by atoms with Gasteiger partial charge in [0.25, 0.3) is 0 Å². The zero-order valence-corrected chi connectivity index (χ0v) is 18.0. The van der Waals surface area contributed by atoms with Gasteiger partial charge < -0.3 is 10.2 Å². The quantitative estimate of drug-likeness (QED) is 0.420. The summed E-state index contributed by atoms with van der Waals surface area (Å²) >= 11 is 1.58. The van der Waals surface area contributed by atoms with E-state index in [1.165, 1.54) is 17.7 Å². The molecule has 1 aliphatic carbocycles. The van der Waals surface area contributed by atoms with E-state index >= 15 is 0 Å². The van der Waals surface area contributed by atoms with Gasteiger partial charge >= 0.3 is 6.03 Å². The number of halogens is 1. The molecule has 2 aromatic carbocycles. The number of hydrogen-bond acceptors (Lipinski definition) is 3. The summed E-state index contributed by atoms with van der Waals surface area (Å²) in [5.74, 6) is -0.255. The molecule has 4 aromatic rings. The average Bonchev–Trinajstić information content (AvgIpc) is 3.39. The minimum absolute atomic E-state index is 0.0459. The number of benzene rings is 2. The van der Waals surface area contributed by atoms with E-state index in [-0.39, 0.29) is 11.8 Å². The van der Waals surface area contributed by atoms with Crippen LogP contribution in [0.2, 0.25) is 0 Å². The molecule has 1 fully saturated rings. The van der Waals surface area contributed by atoms with Gasteiger partial charge in [-0.1, -0.05) is 17.7 Å². The topological polar surface area (TPSA) is 49.6 Å². The minimum atomic E-state index is -0.255. The summed E-state index contributed by atoms with van der Waals surface area (Å²) in [5.41, 5.74) is 4.82. The van der Waals surface area contributed by atoms with E-state index in [2.05, 4.69) is 20.1 Å². The van der Waals surface area contributed by atoms with Crippen molar-refractivity contribution in [3.63, 3.8) is 0 Å². The molecule has 0 atom stereocenters. The molecular formula is C24H23FN4OS. The van der Waals surface area contributed by atoms with Gasteiger partial charge in [0.05, 0.1) is 5.69 Å². The smallest absolute Gasteiger partial charge is 0.321 e. The third-order valence-electron chi connectivity index (χ3n) is 5.58. The fraction of sp³-hybridized carbons (Fsp3) is 0.250. The van der Waals surface area contributed by atoms with Gasteiger partial charge in [-0.15, -0.1) is 11.3 Å². The third-order valence-corrected chi connectivity index (χ3v) is 6.47. The Morgan fingerprint density at radius 3 is 2.65 bits per heavy atom. The summed E-state index contributed by atoms with van der Waals surface area (Å²) in [6, 6.07) is 14.5.